The largest absolute Gasteiger partial charge is 0.311 e. The van der Waals surface area contributed by atoms with Crippen molar-refractivity contribution >= 4 is 35.0 Å². The van der Waals surface area contributed by atoms with Crippen LogP contribution >= 0.6 is 35.0 Å². The van der Waals surface area contributed by atoms with Gasteiger partial charge in [-0.15, -0.1) is 0 Å². The first-order valence-corrected chi connectivity index (χ1v) is 8.84. The average Bonchev–Trinajstić information content (AvgIpc) is 2.44. The van der Waals surface area contributed by atoms with Gasteiger partial charge in [-0.1, -0.05) is 54.6 Å². The lowest BCUT2D eigenvalue weighted by Gasteiger charge is -2.36. The Balaban J connectivity index is 1.90. The molecule has 4 heteroatoms. The number of benzene rings is 1. The summed E-state index contributed by atoms with van der Waals surface area (Å²) in [6.45, 7) is 1.85. The number of nitrogens with one attached hydrogen (secondary N) is 1. The summed E-state index contributed by atoms with van der Waals surface area (Å²) < 4.78 is 0.420. The summed E-state index contributed by atoms with van der Waals surface area (Å²) in [6, 6.07) is 5.82. The summed E-state index contributed by atoms with van der Waals surface area (Å²) >= 11 is 14.3. The van der Waals surface area contributed by atoms with E-state index < -0.39 is 0 Å². The van der Waals surface area contributed by atoms with Crippen LogP contribution in [-0.2, 0) is 6.54 Å². The topological polar surface area (TPSA) is 12.0 Å². The molecule has 19 heavy (non-hydrogen) atoms. The second-order valence-corrected chi connectivity index (χ2v) is 7.32. The quantitative estimate of drug-likeness (QED) is 0.806. The molecule has 1 aromatic carbocycles. The van der Waals surface area contributed by atoms with Crippen LogP contribution in [-0.4, -0.2) is 17.5 Å². The highest BCUT2D eigenvalue weighted by Gasteiger charge is 2.30. The van der Waals surface area contributed by atoms with Crippen LogP contribution in [0, 0.1) is 0 Å². The van der Waals surface area contributed by atoms with E-state index in [1.54, 1.807) is 0 Å². The lowest BCUT2D eigenvalue weighted by atomic mass is 9.88. The molecule has 1 nitrogen and oxygen atoms in total. The molecule has 1 aliphatic carbocycles. The molecular formula is C15H21Cl2NS. The van der Waals surface area contributed by atoms with Gasteiger partial charge >= 0.3 is 0 Å². The Morgan fingerprint density at radius 2 is 1.95 bits per heavy atom. The van der Waals surface area contributed by atoms with Gasteiger partial charge in [-0.05, 0) is 30.7 Å². The molecule has 1 fully saturated rings. The predicted molar refractivity (Wildman–Crippen MR) is 87.5 cm³/mol. The number of rotatable bonds is 5. The lowest BCUT2D eigenvalue weighted by Crippen LogP contribution is -2.39. The monoisotopic (exact) mass is 317 g/mol. The smallest absolute Gasteiger partial charge is 0.0637 e. The van der Waals surface area contributed by atoms with Gasteiger partial charge in [-0.3, -0.25) is 0 Å². The van der Waals surface area contributed by atoms with Crippen molar-refractivity contribution in [3.05, 3.63) is 33.8 Å². The van der Waals surface area contributed by atoms with Gasteiger partial charge in [0.25, 0.3) is 0 Å². The van der Waals surface area contributed by atoms with Crippen molar-refractivity contribution in [1.29, 1.82) is 0 Å². The molecule has 106 valence electrons. The second kappa shape index (κ2) is 7.21. The predicted octanol–water partition coefficient (Wildman–Crippen LogP) is 5.15. The second-order valence-electron chi connectivity index (χ2n) is 5.26. The Bertz CT molecular complexity index is 417. The zero-order valence-electron chi connectivity index (χ0n) is 11.3. The third-order valence-corrected chi connectivity index (χ3v) is 6.27. The molecule has 1 aromatic rings. The molecule has 0 radical (unpaired) electrons. The van der Waals surface area contributed by atoms with Crippen molar-refractivity contribution in [1.82, 2.24) is 5.32 Å². The van der Waals surface area contributed by atoms with E-state index in [1.807, 2.05) is 30.0 Å². The molecule has 0 atom stereocenters. The third-order valence-electron chi connectivity index (χ3n) is 3.99. The van der Waals surface area contributed by atoms with Crippen molar-refractivity contribution in [3.8, 4) is 0 Å². The van der Waals surface area contributed by atoms with E-state index in [9.17, 15) is 0 Å². The van der Waals surface area contributed by atoms with Crippen LogP contribution in [0.4, 0.5) is 0 Å². The van der Waals surface area contributed by atoms with Gasteiger partial charge < -0.3 is 5.32 Å². The summed E-state index contributed by atoms with van der Waals surface area (Å²) in [5.74, 6) is 0. The van der Waals surface area contributed by atoms with Crippen LogP contribution in [0.3, 0.4) is 0 Å². The number of hydrogen-bond acceptors (Lipinski definition) is 2. The minimum Gasteiger partial charge on any atom is -0.311 e. The molecule has 0 aromatic heterocycles. The van der Waals surface area contributed by atoms with Gasteiger partial charge in [-0.2, -0.15) is 11.8 Å². The number of halogens is 2. The van der Waals surface area contributed by atoms with Crippen LogP contribution < -0.4 is 5.32 Å². The minimum atomic E-state index is 0.420. The Morgan fingerprint density at radius 1 is 1.21 bits per heavy atom. The Morgan fingerprint density at radius 3 is 2.63 bits per heavy atom. The van der Waals surface area contributed by atoms with E-state index in [0.29, 0.717) is 14.8 Å². The highest BCUT2D eigenvalue weighted by Crippen LogP contribution is 2.38. The SMILES string of the molecule is CSC1(CNCc2cccc(Cl)c2Cl)CCCCC1. The summed E-state index contributed by atoms with van der Waals surface area (Å²) in [5, 5.41) is 4.88. The first kappa shape index (κ1) is 15.5. The Labute approximate surface area is 130 Å². The average molecular weight is 318 g/mol. The first-order valence-electron chi connectivity index (χ1n) is 6.86. The third kappa shape index (κ3) is 4.04. The molecule has 0 amide bonds. The standard InChI is InChI=1S/C15H21Cl2NS/c1-19-15(8-3-2-4-9-15)11-18-10-12-6-5-7-13(16)14(12)17/h5-7,18H,2-4,8-11H2,1H3. The van der Waals surface area contributed by atoms with E-state index in [4.69, 9.17) is 23.2 Å². The van der Waals surface area contributed by atoms with E-state index in [-0.39, 0.29) is 0 Å². The summed E-state index contributed by atoms with van der Waals surface area (Å²) in [6.07, 6.45) is 9.00. The fraction of sp³-hybridized carbons (Fsp3) is 0.600. The molecule has 0 spiro atoms. The molecule has 2 rings (SSSR count). The van der Waals surface area contributed by atoms with Crippen molar-refractivity contribution in [2.24, 2.45) is 0 Å². The maximum atomic E-state index is 6.21. The van der Waals surface area contributed by atoms with Gasteiger partial charge in [0.2, 0.25) is 0 Å². The van der Waals surface area contributed by atoms with E-state index in [1.165, 1.54) is 32.1 Å². The van der Waals surface area contributed by atoms with Gasteiger partial charge in [0, 0.05) is 17.8 Å². The maximum Gasteiger partial charge on any atom is 0.0637 e. The van der Waals surface area contributed by atoms with Crippen LogP contribution in [0.5, 0.6) is 0 Å². The zero-order valence-corrected chi connectivity index (χ0v) is 13.7. The van der Waals surface area contributed by atoms with Crippen LogP contribution in [0.15, 0.2) is 18.2 Å². The van der Waals surface area contributed by atoms with E-state index in [0.717, 1.165) is 18.7 Å². The van der Waals surface area contributed by atoms with Crippen LogP contribution in [0.1, 0.15) is 37.7 Å². The maximum absolute atomic E-state index is 6.21. The summed E-state index contributed by atoms with van der Waals surface area (Å²) in [5.41, 5.74) is 1.08. The van der Waals surface area contributed by atoms with Crippen molar-refractivity contribution < 1.29 is 0 Å². The molecule has 0 saturated heterocycles. The normalized spacial score (nSPS) is 18.5. The summed E-state index contributed by atoms with van der Waals surface area (Å²) in [4.78, 5) is 0. The fourth-order valence-electron chi connectivity index (χ4n) is 2.76. The van der Waals surface area contributed by atoms with Gasteiger partial charge in [-0.25, -0.2) is 0 Å². The molecular weight excluding hydrogens is 297 g/mol. The summed E-state index contributed by atoms with van der Waals surface area (Å²) in [7, 11) is 0. The molecule has 0 unspecified atom stereocenters. The lowest BCUT2D eigenvalue weighted by molar-refractivity contribution is 0.379. The van der Waals surface area contributed by atoms with Crippen molar-refractivity contribution in [3.63, 3.8) is 0 Å². The molecule has 1 N–H and O–H groups in total. The van der Waals surface area contributed by atoms with Gasteiger partial charge in [0.1, 0.15) is 0 Å². The van der Waals surface area contributed by atoms with Crippen molar-refractivity contribution in [2.75, 3.05) is 12.8 Å². The van der Waals surface area contributed by atoms with E-state index >= 15 is 0 Å². The highest BCUT2D eigenvalue weighted by atomic mass is 35.5. The molecule has 0 aliphatic heterocycles. The Kier molecular flexibility index (Phi) is 5.88. The van der Waals surface area contributed by atoms with Crippen LogP contribution in [0.25, 0.3) is 0 Å². The van der Waals surface area contributed by atoms with Crippen LogP contribution in [0.2, 0.25) is 10.0 Å². The highest BCUT2D eigenvalue weighted by molar-refractivity contribution is 8.00. The molecule has 1 aliphatic rings. The number of hydrogen-bond donors (Lipinski definition) is 1. The molecule has 0 heterocycles. The first-order chi connectivity index (χ1) is 9.17. The van der Waals surface area contributed by atoms with Crippen molar-refractivity contribution in [2.45, 2.75) is 43.4 Å². The van der Waals surface area contributed by atoms with E-state index in [2.05, 4.69) is 11.6 Å². The minimum absolute atomic E-state index is 0.420. The fourth-order valence-corrected chi connectivity index (χ4v) is 4.09. The number of thioether (sulfide) groups is 1. The zero-order chi connectivity index (χ0) is 13.7. The molecule has 0 bridgehead atoms. The van der Waals surface area contributed by atoms with Gasteiger partial charge in [0.05, 0.1) is 10.0 Å². The Hall–Kier alpha value is 0.110. The van der Waals surface area contributed by atoms with Gasteiger partial charge in [0.15, 0.2) is 0 Å². The molecule has 1 saturated carbocycles.